The molecule has 0 radical (unpaired) electrons. The Bertz CT molecular complexity index is 905. The summed E-state index contributed by atoms with van der Waals surface area (Å²) in [5, 5.41) is 6.49. The van der Waals surface area contributed by atoms with Gasteiger partial charge in [-0.15, -0.1) is 0 Å². The fraction of sp³-hybridized carbons (Fsp3) is 0.500. The summed E-state index contributed by atoms with van der Waals surface area (Å²) >= 11 is 0. The highest BCUT2D eigenvalue weighted by Crippen LogP contribution is 2.26. The molecule has 2 fully saturated rings. The van der Waals surface area contributed by atoms with Gasteiger partial charge >= 0.3 is 0 Å². The highest BCUT2D eigenvalue weighted by Gasteiger charge is 2.22. The monoisotopic (exact) mass is 425 g/mol. The topological polar surface area (TPSA) is 109 Å². The molecular formula is C22H31N7O2. The molecule has 2 aliphatic heterocycles. The van der Waals surface area contributed by atoms with Crippen LogP contribution in [0.1, 0.15) is 29.5 Å². The predicted octanol–water partition coefficient (Wildman–Crippen LogP) is 1.37. The zero-order chi connectivity index (χ0) is 21.8. The Hall–Kier alpha value is -2.91. The van der Waals surface area contributed by atoms with Crippen molar-refractivity contribution in [1.29, 1.82) is 0 Å². The van der Waals surface area contributed by atoms with Gasteiger partial charge < -0.3 is 30.9 Å². The van der Waals surface area contributed by atoms with Crippen LogP contribution in [0.25, 0.3) is 0 Å². The average molecular weight is 426 g/mol. The van der Waals surface area contributed by atoms with Crippen molar-refractivity contribution in [2.24, 2.45) is 5.73 Å². The number of nitrogens with two attached hydrogens (primary N) is 1. The molecule has 1 aromatic heterocycles. The van der Waals surface area contributed by atoms with Crippen molar-refractivity contribution in [3.63, 3.8) is 0 Å². The van der Waals surface area contributed by atoms with Gasteiger partial charge in [-0.25, -0.2) is 4.98 Å². The molecule has 4 N–H and O–H groups in total. The molecule has 3 heterocycles. The van der Waals surface area contributed by atoms with Crippen molar-refractivity contribution < 1.29 is 9.53 Å². The zero-order valence-corrected chi connectivity index (χ0v) is 18.2. The van der Waals surface area contributed by atoms with E-state index in [1.165, 1.54) is 5.69 Å². The number of carbonyl (C=O) groups excluding carboxylic acids is 1. The van der Waals surface area contributed by atoms with Gasteiger partial charge in [0, 0.05) is 44.1 Å². The lowest BCUT2D eigenvalue weighted by atomic mass is 10.2. The molecule has 31 heavy (non-hydrogen) atoms. The van der Waals surface area contributed by atoms with Crippen LogP contribution in [0.3, 0.4) is 0 Å². The van der Waals surface area contributed by atoms with Crippen LogP contribution in [0, 0.1) is 0 Å². The van der Waals surface area contributed by atoms with Gasteiger partial charge in [-0.3, -0.25) is 4.79 Å². The lowest BCUT2D eigenvalue weighted by molar-refractivity contribution is 0.0995. The summed E-state index contributed by atoms with van der Waals surface area (Å²) in [6, 6.07) is 8.12. The number of nitrogens with one attached hydrogen (secondary N) is 2. The lowest BCUT2D eigenvalue weighted by Gasteiger charge is -2.34. The Morgan fingerprint density at radius 3 is 2.58 bits per heavy atom. The molecule has 0 aliphatic carbocycles. The van der Waals surface area contributed by atoms with Gasteiger partial charge in [0.25, 0.3) is 5.91 Å². The van der Waals surface area contributed by atoms with Crippen LogP contribution >= 0.6 is 0 Å². The highest BCUT2D eigenvalue weighted by molar-refractivity contribution is 5.96. The van der Waals surface area contributed by atoms with E-state index in [1.807, 2.05) is 19.1 Å². The first-order valence-electron chi connectivity index (χ1n) is 10.9. The predicted molar refractivity (Wildman–Crippen MR) is 121 cm³/mol. The van der Waals surface area contributed by atoms with Crippen LogP contribution < -0.4 is 26.0 Å². The summed E-state index contributed by atoms with van der Waals surface area (Å²) in [7, 11) is 2.15. The van der Waals surface area contributed by atoms with E-state index in [0.29, 0.717) is 23.8 Å². The largest absolute Gasteiger partial charge is 0.472 e. The van der Waals surface area contributed by atoms with Crippen LogP contribution in [0.5, 0.6) is 5.88 Å². The van der Waals surface area contributed by atoms with E-state index >= 15 is 0 Å². The second-order valence-corrected chi connectivity index (χ2v) is 8.09. The number of piperazine rings is 1. The normalized spacial score (nSPS) is 19.4. The minimum atomic E-state index is -0.618. The first kappa shape index (κ1) is 21.3. The fourth-order valence-electron chi connectivity index (χ4n) is 3.88. The minimum Gasteiger partial charge on any atom is -0.472 e. The smallest absolute Gasteiger partial charge is 0.271 e. The molecule has 166 valence electrons. The van der Waals surface area contributed by atoms with E-state index in [-0.39, 0.29) is 11.8 Å². The van der Waals surface area contributed by atoms with Gasteiger partial charge in [-0.1, -0.05) is 6.92 Å². The Morgan fingerprint density at radius 1 is 1.23 bits per heavy atom. The maximum atomic E-state index is 12.0. The van der Waals surface area contributed by atoms with Gasteiger partial charge in [0.1, 0.15) is 11.8 Å². The molecular weight excluding hydrogens is 394 g/mol. The lowest BCUT2D eigenvalue weighted by Crippen LogP contribution is -2.44. The summed E-state index contributed by atoms with van der Waals surface area (Å²) in [5.41, 5.74) is 8.35. The van der Waals surface area contributed by atoms with E-state index in [1.54, 1.807) is 0 Å². The Kier molecular flexibility index (Phi) is 6.53. The first-order valence-corrected chi connectivity index (χ1v) is 10.9. The van der Waals surface area contributed by atoms with Crippen LogP contribution in [-0.4, -0.2) is 73.2 Å². The number of benzene rings is 1. The molecule has 2 aromatic rings. The summed E-state index contributed by atoms with van der Waals surface area (Å²) in [4.78, 5) is 25.8. The van der Waals surface area contributed by atoms with E-state index in [9.17, 15) is 4.79 Å². The zero-order valence-electron chi connectivity index (χ0n) is 18.2. The Balaban J connectivity index is 1.55. The summed E-state index contributed by atoms with van der Waals surface area (Å²) in [6.07, 6.45) is 1.57. The third kappa shape index (κ3) is 5.05. The van der Waals surface area contributed by atoms with E-state index < -0.39 is 5.91 Å². The van der Waals surface area contributed by atoms with Gasteiger partial charge in [0.05, 0.1) is 0 Å². The number of ether oxygens (including phenoxy) is 1. The minimum absolute atomic E-state index is 0.0507. The van der Waals surface area contributed by atoms with Crippen molar-refractivity contribution >= 4 is 23.1 Å². The van der Waals surface area contributed by atoms with Crippen LogP contribution in [0.15, 0.2) is 24.3 Å². The molecule has 2 aliphatic rings. The van der Waals surface area contributed by atoms with Crippen molar-refractivity contribution in [1.82, 2.24) is 20.2 Å². The number of aryl methyl sites for hydroxylation is 1. The number of amides is 1. The SMILES string of the molecule is CCc1nc(C(N)=O)c(Nc2ccc(N3CCN(C)CC3)cc2)nc1O[C@H]1CCNC1. The van der Waals surface area contributed by atoms with Gasteiger partial charge in [-0.05, 0) is 50.7 Å². The van der Waals surface area contributed by atoms with Crippen molar-refractivity contribution in [2.45, 2.75) is 25.9 Å². The maximum Gasteiger partial charge on any atom is 0.271 e. The summed E-state index contributed by atoms with van der Waals surface area (Å²) in [5.74, 6) is 0.156. The van der Waals surface area contributed by atoms with Gasteiger partial charge in [0.2, 0.25) is 5.88 Å². The molecule has 0 spiro atoms. The third-order valence-electron chi connectivity index (χ3n) is 5.79. The van der Waals surface area contributed by atoms with Crippen molar-refractivity contribution in [3.05, 3.63) is 35.7 Å². The van der Waals surface area contributed by atoms with E-state index in [4.69, 9.17) is 10.5 Å². The Labute approximate surface area is 183 Å². The fourth-order valence-corrected chi connectivity index (χ4v) is 3.88. The number of likely N-dealkylation sites (N-methyl/N-ethyl adjacent to an activating group) is 1. The average Bonchev–Trinajstić information content (AvgIpc) is 3.28. The number of aromatic nitrogens is 2. The number of hydrogen-bond acceptors (Lipinski definition) is 8. The van der Waals surface area contributed by atoms with Crippen molar-refractivity contribution in [3.8, 4) is 5.88 Å². The standard InChI is InChI=1S/C22H31N7O2/c1-3-18-22(31-17-8-9-24-14-17)27-21(19(26-18)20(23)30)25-15-4-6-16(7-5-15)29-12-10-28(2)11-13-29/h4-7,17,24H,3,8-14H2,1-2H3,(H2,23,30)(H,25,27)/t17-/m0/s1. The van der Waals surface area contributed by atoms with Crippen LogP contribution in [-0.2, 0) is 6.42 Å². The second-order valence-electron chi connectivity index (χ2n) is 8.09. The number of rotatable bonds is 7. The molecule has 9 heteroatoms. The van der Waals surface area contributed by atoms with Gasteiger partial charge in [0.15, 0.2) is 11.5 Å². The molecule has 0 saturated carbocycles. The number of primary amides is 1. The van der Waals surface area contributed by atoms with E-state index in [0.717, 1.165) is 51.4 Å². The molecule has 2 saturated heterocycles. The molecule has 1 atom stereocenters. The molecule has 1 aromatic carbocycles. The summed E-state index contributed by atoms with van der Waals surface area (Å²) in [6.45, 7) is 7.79. The quantitative estimate of drug-likeness (QED) is 0.610. The first-order chi connectivity index (χ1) is 15.0. The molecule has 9 nitrogen and oxygen atoms in total. The summed E-state index contributed by atoms with van der Waals surface area (Å²) < 4.78 is 6.08. The third-order valence-corrected chi connectivity index (χ3v) is 5.79. The van der Waals surface area contributed by atoms with Gasteiger partial charge in [-0.2, -0.15) is 4.98 Å². The second kappa shape index (κ2) is 9.49. The van der Waals surface area contributed by atoms with Crippen LogP contribution in [0.2, 0.25) is 0 Å². The van der Waals surface area contributed by atoms with Crippen LogP contribution in [0.4, 0.5) is 17.2 Å². The molecule has 0 unspecified atom stereocenters. The van der Waals surface area contributed by atoms with Crippen molar-refractivity contribution in [2.75, 3.05) is 56.5 Å². The number of carbonyl (C=O) groups is 1. The number of nitrogens with zero attached hydrogens (tertiary/aromatic N) is 4. The highest BCUT2D eigenvalue weighted by atomic mass is 16.5. The Morgan fingerprint density at radius 2 is 1.97 bits per heavy atom. The maximum absolute atomic E-state index is 12.0. The molecule has 1 amide bonds. The number of anilines is 3. The number of hydrogen-bond donors (Lipinski definition) is 3. The molecule has 4 rings (SSSR count). The van der Waals surface area contributed by atoms with E-state index in [2.05, 4.69) is 49.6 Å². The molecule has 0 bridgehead atoms.